The van der Waals surface area contributed by atoms with Crippen LogP contribution in [0.4, 0.5) is 0 Å². The first kappa shape index (κ1) is 7.94. The molecule has 1 heterocycles. The maximum atomic E-state index is 9.13. The molecule has 3 atom stereocenters. The SMILES string of the molecule is CO[C@H]1CC(O)[C@H](CO)O1. The molecule has 1 saturated heterocycles. The molecule has 1 rings (SSSR count). The van der Waals surface area contributed by atoms with E-state index in [2.05, 4.69) is 0 Å². The molecule has 1 fully saturated rings. The minimum atomic E-state index is -0.588. The lowest BCUT2D eigenvalue weighted by Gasteiger charge is -2.09. The predicted octanol–water partition coefficient (Wildman–Crippen LogP) is -0.899. The summed E-state index contributed by atoms with van der Waals surface area (Å²) in [6.45, 7) is -0.152. The molecule has 60 valence electrons. The molecular weight excluding hydrogens is 136 g/mol. The average molecular weight is 148 g/mol. The van der Waals surface area contributed by atoms with E-state index in [1.807, 2.05) is 0 Å². The second-order valence-corrected chi connectivity index (χ2v) is 2.33. The number of hydrogen-bond acceptors (Lipinski definition) is 4. The third-order valence-corrected chi connectivity index (χ3v) is 1.63. The van der Waals surface area contributed by atoms with Crippen LogP contribution in [-0.2, 0) is 9.47 Å². The number of aliphatic hydroxyl groups is 2. The summed E-state index contributed by atoms with van der Waals surface area (Å²) < 4.78 is 9.87. The zero-order valence-corrected chi connectivity index (χ0v) is 5.86. The third-order valence-electron chi connectivity index (χ3n) is 1.63. The van der Waals surface area contributed by atoms with Crippen molar-refractivity contribution in [2.75, 3.05) is 13.7 Å². The van der Waals surface area contributed by atoms with Crippen LogP contribution in [0.3, 0.4) is 0 Å². The molecule has 0 spiro atoms. The lowest BCUT2D eigenvalue weighted by molar-refractivity contribution is -0.127. The number of methoxy groups -OCH3 is 1. The molecule has 0 bridgehead atoms. The van der Waals surface area contributed by atoms with Crippen molar-refractivity contribution in [2.45, 2.75) is 24.9 Å². The van der Waals surface area contributed by atoms with Gasteiger partial charge >= 0.3 is 0 Å². The van der Waals surface area contributed by atoms with Crippen molar-refractivity contribution in [3.8, 4) is 0 Å². The monoisotopic (exact) mass is 148 g/mol. The van der Waals surface area contributed by atoms with Gasteiger partial charge in [-0.3, -0.25) is 0 Å². The standard InChI is InChI=1S/C6H12O4/c1-9-6-2-4(8)5(3-7)10-6/h4-8H,2-3H2,1H3/t4?,5-,6+/m0/s1. The first-order valence-corrected chi connectivity index (χ1v) is 3.25. The summed E-state index contributed by atoms with van der Waals surface area (Å²) in [4.78, 5) is 0. The highest BCUT2D eigenvalue weighted by Crippen LogP contribution is 2.19. The number of ether oxygens (including phenoxy) is 2. The summed E-state index contributed by atoms with van der Waals surface area (Å²) in [5.74, 6) is 0. The van der Waals surface area contributed by atoms with Crippen LogP contribution < -0.4 is 0 Å². The van der Waals surface area contributed by atoms with Gasteiger partial charge in [-0.05, 0) is 0 Å². The lowest BCUT2D eigenvalue weighted by atomic mass is 10.2. The van der Waals surface area contributed by atoms with Crippen LogP contribution >= 0.6 is 0 Å². The highest BCUT2D eigenvalue weighted by Gasteiger charge is 2.32. The topological polar surface area (TPSA) is 58.9 Å². The normalized spacial score (nSPS) is 40.5. The zero-order valence-electron chi connectivity index (χ0n) is 5.86. The Morgan fingerprint density at radius 1 is 1.70 bits per heavy atom. The smallest absolute Gasteiger partial charge is 0.160 e. The van der Waals surface area contributed by atoms with Gasteiger partial charge in [-0.2, -0.15) is 0 Å². The molecule has 1 aliphatic heterocycles. The minimum Gasteiger partial charge on any atom is -0.394 e. The van der Waals surface area contributed by atoms with Crippen molar-refractivity contribution < 1.29 is 19.7 Å². The van der Waals surface area contributed by atoms with Crippen molar-refractivity contribution in [2.24, 2.45) is 0 Å². The Kier molecular flexibility index (Phi) is 2.62. The Balaban J connectivity index is 2.36. The Morgan fingerprint density at radius 3 is 2.70 bits per heavy atom. The summed E-state index contributed by atoms with van der Waals surface area (Å²) in [5.41, 5.74) is 0. The van der Waals surface area contributed by atoms with E-state index in [0.717, 1.165) is 0 Å². The summed E-state index contributed by atoms with van der Waals surface area (Å²) in [6.07, 6.45) is -0.964. The van der Waals surface area contributed by atoms with Crippen LogP contribution in [0.2, 0.25) is 0 Å². The first-order valence-electron chi connectivity index (χ1n) is 3.25. The van der Waals surface area contributed by atoms with Crippen molar-refractivity contribution in [3.05, 3.63) is 0 Å². The fourth-order valence-corrected chi connectivity index (χ4v) is 1.01. The molecular formula is C6H12O4. The largest absolute Gasteiger partial charge is 0.394 e. The molecule has 0 saturated carbocycles. The van der Waals surface area contributed by atoms with Gasteiger partial charge in [-0.1, -0.05) is 0 Å². The van der Waals surface area contributed by atoms with Crippen molar-refractivity contribution in [1.82, 2.24) is 0 Å². The average Bonchev–Trinajstić information content (AvgIpc) is 2.30. The molecule has 4 nitrogen and oxygen atoms in total. The van der Waals surface area contributed by atoms with Gasteiger partial charge in [0.2, 0.25) is 0 Å². The highest BCUT2D eigenvalue weighted by atomic mass is 16.7. The van der Waals surface area contributed by atoms with Crippen molar-refractivity contribution in [3.63, 3.8) is 0 Å². The molecule has 2 N–H and O–H groups in total. The van der Waals surface area contributed by atoms with Crippen molar-refractivity contribution >= 4 is 0 Å². The zero-order chi connectivity index (χ0) is 7.56. The molecule has 1 unspecified atom stereocenters. The third kappa shape index (κ3) is 1.46. The van der Waals surface area contributed by atoms with Crippen LogP contribution in [0.15, 0.2) is 0 Å². The molecule has 1 aliphatic rings. The van der Waals surface area contributed by atoms with E-state index < -0.39 is 12.2 Å². The molecule has 10 heavy (non-hydrogen) atoms. The second-order valence-electron chi connectivity index (χ2n) is 2.33. The van der Waals surface area contributed by atoms with E-state index in [-0.39, 0.29) is 12.9 Å². The lowest BCUT2D eigenvalue weighted by Crippen LogP contribution is -2.24. The summed E-state index contributed by atoms with van der Waals surface area (Å²) in [6, 6.07) is 0. The predicted molar refractivity (Wildman–Crippen MR) is 33.4 cm³/mol. The van der Waals surface area contributed by atoms with Crippen LogP contribution in [0.1, 0.15) is 6.42 Å². The van der Waals surface area contributed by atoms with Gasteiger partial charge in [0.25, 0.3) is 0 Å². The van der Waals surface area contributed by atoms with Gasteiger partial charge in [-0.25, -0.2) is 0 Å². The summed E-state index contributed by atoms with van der Waals surface area (Å²) in [5, 5.41) is 17.7. The van der Waals surface area contributed by atoms with Gasteiger partial charge in [0.15, 0.2) is 6.29 Å². The maximum absolute atomic E-state index is 9.13. The number of hydrogen-bond donors (Lipinski definition) is 2. The van der Waals surface area contributed by atoms with Gasteiger partial charge in [0.1, 0.15) is 6.10 Å². The highest BCUT2D eigenvalue weighted by molar-refractivity contribution is 4.76. The Bertz CT molecular complexity index is 106. The van der Waals surface area contributed by atoms with Crippen LogP contribution in [-0.4, -0.2) is 42.4 Å². The molecule has 0 aliphatic carbocycles. The Morgan fingerprint density at radius 2 is 2.40 bits per heavy atom. The van der Waals surface area contributed by atoms with Crippen LogP contribution in [0.25, 0.3) is 0 Å². The molecule has 0 aromatic rings. The molecule has 0 amide bonds. The Labute approximate surface area is 59.4 Å². The molecule has 0 aromatic carbocycles. The Hall–Kier alpha value is -0.160. The fraction of sp³-hybridized carbons (Fsp3) is 1.00. The van der Waals surface area contributed by atoms with Gasteiger partial charge in [0, 0.05) is 13.5 Å². The quantitative estimate of drug-likeness (QED) is 0.533. The van der Waals surface area contributed by atoms with E-state index >= 15 is 0 Å². The van der Waals surface area contributed by atoms with E-state index in [1.165, 1.54) is 7.11 Å². The van der Waals surface area contributed by atoms with Gasteiger partial charge in [-0.15, -0.1) is 0 Å². The van der Waals surface area contributed by atoms with Crippen molar-refractivity contribution in [1.29, 1.82) is 0 Å². The van der Waals surface area contributed by atoms with Crippen LogP contribution in [0, 0.1) is 0 Å². The molecule has 0 radical (unpaired) electrons. The summed E-state index contributed by atoms with van der Waals surface area (Å²) in [7, 11) is 1.51. The second kappa shape index (κ2) is 3.30. The van der Waals surface area contributed by atoms with E-state index in [1.54, 1.807) is 0 Å². The molecule has 0 aromatic heterocycles. The van der Waals surface area contributed by atoms with Gasteiger partial charge < -0.3 is 19.7 Å². The van der Waals surface area contributed by atoms with Gasteiger partial charge in [0.05, 0.1) is 12.7 Å². The molecule has 4 heteroatoms. The summed E-state index contributed by atoms with van der Waals surface area (Å²) >= 11 is 0. The minimum absolute atomic E-state index is 0.152. The maximum Gasteiger partial charge on any atom is 0.160 e. The van der Waals surface area contributed by atoms with E-state index in [9.17, 15) is 0 Å². The first-order chi connectivity index (χ1) is 4.77. The number of aliphatic hydroxyl groups excluding tert-OH is 2. The van der Waals surface area contributed by atoms with Crippen LogP contribution in [0.5, 0.6) is 0 Å². The number of rotatable bonds is 2. The van der Waals surface area contributed by atoms with E-state index in [4.69, 9.17) is 19.7 Å². The van der Waals surface area contributed by atoms with E-state index in [0.29, 0.717) is 6.42 Å². The fourth-order valence-electron chi connectivity index (χ4n) is 1.01.